The van der Waals surface area contributed by atoms with Gasteiger partial charge in [0, 0.05) is 44.1 Å². The number of para-hydroxylation sites is 2. The Morgan fingerprint density at radius 3 is 2.50 bits per heavy atom. The number of hydrogen-bond acceptors (Lipinski definition) is 5. The highest BCUT2D eigenvalue weighted by atomic mass is 32.1. The molecule has 124 valence electrons. The summed E-state index contributed by atoms with van der Waals surface area (Å²) in [5, 5.41) is 2.13. The van der Waals surface area contributed by atoms with Gasteiger partial charge in [-0.1, -0.05) is 18.2 Å². The molecule has 0 bridgehead atoms. The Bertz CT molecular complexity index is 866. The van der Waals surface area contributed by atoms with Crippen LogP contribution in [0.2, 0.25) is 0 Å². The van der Waals surface area contributed by atoms with Crippen molar-refractivity contribution in [2.75, 3.05) is 26.2 Å². The van der Waals surface area contributed by atoms with Crippen LogP contribution < -0.4 is 5.56 Å². The minimum absolute atomic E-state index is 0.0743. The van der Waals surface area contributed by atoms with Gasteiger partial charge in [-0.2, -0.15) is 0 Å². The normalized spacial score (nSPS) is 16.7. The van der Waals surface area contributed by atoms with Crippen LogP contribution in [0.3, 0.4) is 0 Å². The number of aromatic amines is 1. The van der Waals surface area contributed by atoms with Crippen LogP contribution in [0.5, 0.6) is 0 Å². The first kappa shape index (κ1) is 15.5. The molecule has 1 aromatic carbocycles. The van der Waals surface area contributed by atoms with Crippen molar-refractivity contribution in [3.8, 4) is 0 Å². The molecule has 1 aliphatic rings. The number of rotatable bonds is 4. The van der Waals surface area contributed by atoms with Gasteiger partial charge < -0.3 is 4.98 Å². The van der Waals surface area contributed by atoms with Crippen molar-refractivity contribution in [1.82, 2.24) is 19.8 Å². The zero-order valence-corrected chi connectivity index (χ0v) is 14.3. The third-order valence-electron chi connectivity index (χ3n) is 4.47. The van der Waals surface area contributed by atoms with Crippen LogP contribution in [0.4, 0.5) is 0 Å². The van der Waals surface area contributed by atoms with E-state index in [1.54, 1.807) is 0 Å². The number of piperazine rings is 1. The molecule has 3 heterocycles. The van der Waals surface area contributed by atoms with E-state index in [9.17, 15) is 4.79 Å². The average molecular weight is 340 g/mol. The molecule has 0 amide bonds. The molecule has 4 rings (SSSR count). The minimum Gasteiger partial charge on any atom is -0.319 e. The Balaban J connectivity index is 1.40. The van der Waals surface area contributed by atoms with E-state index in [0.717, 1.165) is 43.8 Å². The molecule has 1 saturated heterocycles. The lowest BCUT2D eigenvalue weighted by molar-refractivity contribution is 0.121. The van der Waals surface area contributed by atoms with E-state index >= 15 is 0 Å². The highest BCUT2D eigenvalue weighted by molar-refractivity contribution is 7.09. The summed E-state index contributed by atoms with van der Waals surface area (Å²) >= 11 is 1.81. The van der Waals surface area contributed by atoms with Crippen LogP contribution in [0.25, 0.3) is 11.0 Å². The standard InChI is InChI=1S/C18H20N4OS/c23-18-17(19-15-5-1-2-6-16(15)20-18)13-22-9-7-21(8-10-22)12-14-4-3-11-24-14/h1-6,11H,7-10,12-13H2,(H,20,23). The van der Waals surface area contributed by atoms with Gasteiger partial charge in [-0.3, -0.25) is 14.6 Å². The van der Waals surface area contributed by atoms with Crippen LogP contribution in [0, 0.1) is 0 Å². The fourth-order valence-electron chi connectivity index (χ4n) is 3.11. The van der Waals surface area contributed by atoms with Crippen molar-refractivity contribution in [3.63, 3.8) is 0 Å². The molecule has 1 fully saturated rings. The summed E-state index contributed by atoms with van der Waals surface area (Å²) in [7, 11) is 0. The molecule has 6 heteroatoms. The Morgan fingerprint density at radius 2 is 1.75 bits per heavy atom. The van der Waals surface area contributed by atoms with E-state index in [0.29, 0.717) is 12.2 Å². The Morgan fingerprint density at radius 1 is 1.00 bits per heavy atom. The smallest absolute Gasteiger partial charge is 0.271 e. The summed E-state index contributed by atoms with van der Waals surface area (Å²) in [6.45, 7) is 5.65. The van der Waals surface area contributed by atoms with Crippen LogP contribution in [0.1, 0.15) is 10.6 Å². The summed E-state index contributed by atoms with van der Waals surface area (Å²) in [6.07, 6.45) is 0. The van der Waals surface area contributed by atoms with Crippen molar-refractivity contribution >= 4 is 22.4 Å². The monoisotopic (exact) mass is 340 g/mol. The number of thiophene rings is 1. The van der Waals surface area contributed by atoms with Gasteiger partial charge in [0.25, 0.3) is 5.56 Å². The van der Waals surface area contributed by atoms with Crippen LogP contribution >= 0.6 is 11.3 Å². The molecular formula is C18H20N4OS. The second-order valence-corrected chi connectivity index (χ2v) is 7.19. The van der Waals surface area contributed by atoms with Gasteiger partial charge in [-0.05, 0) is 23.6 Å². The number of H-pyrrole nitrogens is 1. The van der Waals surface area contributed by atoms with E-state index in [4.69, 9.17) is 0 Å². The van der Waals surface area contributed by atoms with E-state index in [1.807, 2.05) is 35.6 Å². The zero-order chi connectivity index (χ0) is 16.4. The van der Waals surface area contributed by atoms with E-state index in [2.05, 4.69) is 37.3 Å². The zero-order valence-electron chi connectivity index (χ0n) is 13.4. The van der Waals surface area contributed by atoms with Crippen LogP contribution in [0.15, 0.2) is 46.6 Å². The van der Waals surface area contributed by atoms with Crippen molar-refractivity contribution < 1.29 is 0 Å². The molecular weight excluding hydrogens is 320 g/mol. The van der Waals surface area contributed by atoms with Gasteiger partial charge in [-0.15, -0.1) is 11.3 Å². The number of aromatic nitrogens is 2. The molecule has 2 aromatic heterocycles. The lowest BCUT2D eigenvalue weighted by Gasteiger charge is -2.34. The highest BCUT2D eigenvalue weighted by Gasteiger charge is 2.19. The van der Waals surface area contributed by atoms with Gasteiger partial charge in [0.05, 0.1) is 11.0 Å². The predicted molar refractivity (Wildman–Crippen MR) is 97.2 cm³/mol. The lowest BCUT2D eigenvalue weighted by atomic mass is 10.2. The van der Waals surface area contributed by atoms with E-state index in [-0.39, 0.29) is 5.56 Å². The van der Waals surface area contributed by atoms with E-state index < -0.39 is 0 Å². The SMILES string of the molecule is O=c1[nH]c2ccccc2nc1CN1CCN(Cc2cccs2)CC1. The first-order valence-electron chi connectivity index (χ1n) is 8.23. The number of nitrogens with zero attached hydrogens (tertiary/aromatic N) is 3. The average Bonchev–Trinajstić information content (AvgIpc) is 3.10. The fraction of sp³-hybridized carbons (Fsp3) is 0.333. The third kappa shape index (κ3) is 3.40. The molecule has 0 radical (unpaired) electrons. The number of fused-ring (bicyclic) bond motifs is 1. The Hall–Kier alpha value is -2.02. The molecule has 24 heavy (non-hydrogen) atoms. The lowest BCUT2D eigenvalue weighted by Crippen LogP contribution is -2.46. The predicted octanol–water partition coefficient (Wildman–Crippen LogP) is 2.30. The maximum absolute atomic E-state index is 12.2. The highest BCUT2D eigenvalue weighted by Crippen LogP contribution is 2.14. The Labute approximate surface area is 144 Å². The molecule has 3 aromatic rings. The fourth-order valence-corrected chi connectivity index (χ4v) is 3.86. The van der Waals surface area contributed by atoms with Gasteiger partial charge in [-0.25, -0.2) is 4.98 Å². The van der Waals surface area contributed by atoms with Gasteiger partial charge in [0.15, 0.2) is 0 Å². The third-order valence-corrected chi connectivity index (χ3v) is 5.33. The summed E-state index contributed by atoms with van der Waals surface area (Å²) in [6, 6.07) is 12.0. The van der Waals surface area contributed by atoms with Gasteiger partial charge in [0.2, 0.25) is 0 Å². The Kier molecular flexibility index (Phi) is 4.42. The maximum Gasteiger partial charge on any atom is 0.271 e. The summed E-state index contributed by atoms with van der Waals surface area (Å²) in [5.41, 5.74) is 2.19. The number of nitrogens with one attached hydrogen (secondary N) is 1. The van der Waals surface area contributed by atoms with Crippen molar-refractivity contribution in [2.45, 2.75) is 13.1 Å². The first-order valence-corrected chi connectivity index (χ1v) is 9.11. The molecule has 0 saturated carbocycles. The maximum atomic E-state index is 12.2. The van der Waals surface area contributed by atoms with Crippen molar-refractivity contribution in [1.29, 1.82) is 0 Å². The largest absolute Gasteiger partial charge is 0.319 e. The van der Waals surface area contributed by atoms with Crippen LogP contribution in [-0.4, -0.2) is 45.9 Å². The second-order valence-electron chi connectivity index (χ2n) is 6.16. The van der Waals surface area contributed by atoms with Gasteiger partial charge in [0.1, 0.15) is 5.69 Å². The number of hydrogen-bond donors (Lipinski definition) is 1. The van der Waals surface area contributed by atoms with Crippen molar-refractivity contribution in [3.05, 3.63) is 62.7 Å². The molecule has 5 nitrogen and oxygen atoms in total. The summed E-state index contributed by atoms with van der Waals surface area (Å²) in [4.78, 5) is 25.9. The van der Waals surface area contributed by atoms with Crippen LogP contribution in [-0.2, 0) is 13.1 Å². The molecule has 0 unspecified atom stereocenters. The first-order chi connectivity index (χ1) is 11.8. The molecule has 0 atom stereocenters. The minimum atomic E-state index is -0.0743. The summed E-state index contributed by atoms with van der Waals surface area (Å²) in [5.74, 6) is 0. The molecule has 0 spiro atoms. The quantitative estimate of drug-likeness (QED) is 0.792. The topological polar surface area (TPSA) is 52.2 Å². The molecule has 0 aliphatic carbocycles. The molecule has 1 N–H and O–H groups in total. The number of benzene rings is 1. The van der Waals surface area contributed by atoms with Gasteiger partial charge >= 0.3 is 0 Å². The second kappa shape index (κ2) is 6.84. The summed E-state index contributed by atoms with van der Waals surface area (Å²) < 4.78 is 0. The molecule has 1 aliphatic heterocycles. The van der Waals surface area contributed by atoms with Crippen molar-refractivity contribution in [2.24, 2.45) is 0 Å². The van der Waals surface area contributed by atoms with E-state index in [1.165, 1.54) is 4.88 Å².